The molecule has 0 radical (unpaired) electrons. The molecule has 2 rings (SSSR count). The molecule has 1 atom stereocenters. The van der Waals surface area contributed by atoms with Crippen molar-refractivity contribution in [2.45, 2.75) is 51.1 Å². The maximum absolute atomic E-state index is 14.2. The van der Waals surface area contributed by atoms with Crippen LogP contribution in [0.1, 0.15) is 51.1 Å². The summed E-state index contributed by atoms with van der Waals surface area (Å²) < 4.78 is 14.2. The van der Waals surface area contributed by atoms with Crippen molar-refractivity contribution >= 4 is 0 Å². The molecule has 4 heteroatoms. The van der Waals surface area contributed by atoms with Crippen LogP contribution in [-0.4, -0.2) is 35.6 Å². The highest BCUT2D eigenvalue weighted by atomic mass is 19.1. The summed E-state index contributed by atoms with van der Waals surface area (Å²) in [6.45, 7) is 6.66. The smallest absolute Gasteiger partial charge is 0.146 e. The van der Waals surface area contributed by atoms with Crippen molar-refractivity contribution in [1.29, 1.82) is 0 Å². The normalized spacial score (nSPS) is 18.4. The highest BCUT2D eigenvalue weighted by molar-refractivity contribution is 5.23. The molecule has 1 aromatic rings. The number of nitrogens with one attached hydrogen (secondary N) is 1. The van der Waals surface area contributed by atoms with Crippen molar-refractivity contribution in [2.75, 3.05) is 20.1 Å². The van der Waals surface area contributed by atoms with Crippen molar-refractivity contribution in [3.63, 3.8) is 0 Å². The Balaban J connectivity index is 2.42. The fourth-order valence-electron chi connectivity index (χ4n) is 3.78. The van der Waals surface area contributed by atoms with Crippen LogP contribution in [0, 0.1) is 5.82 Å². The standard InChI is InChI=1S/C16H26FN3/c1-4-16(5-2,20-10-6-7-11-20)15(18-3)13-8-9-19-12-14(13)17/h8-9,12,15,18H,4-7,10-11H2,1-3H3. The van der Waals surface area contributed by atoms with Gasteiger partial charge >= 0.3 is 0 Å². The van der Waals surface area contributed by atoms with E-state index in [1.54, 1.807) is 6.20 Å². The van der Waals surface area contributed by atoms with Crippen LogP contribution in [0.2, 0.25) is 0 Å². The van der Waals surface area contributed by atoms with Gasteiger partial charge in [0.2, 0.25) is 0 Å². The number of hydrogen-bond acceptors (Lipinski definition) is 3. The van der Waals surface area contributed by atoms with Gasteiger partial charge in [-0.25, -0.2) is 4.39 Å². The Morgan fingerprint density at radius 3 is 2.50 bits per heavy atom. The number of aromatic nitrogens is 1. The molecule has 1 unspecified atom stereocenters. The Kier molecular flexibility index (Phi) is 5.11. The summed E-state index contributed by atoms with van der Waals surface area (Å²) in [6.07, 6.45) is 7.52. The summed E-state index contributed by atoms with van der Waals surface area (Å²) in [7, 11) is 1.93. The monoisotopic (exact) mass is 279 g/mol. The van der Waals surface area contributed by atoms with E-state index in [-0.39, 0.29) is 17.4 Å². The first-order valence-electron chi connectivity index (χ1n) is 7.71. The third-order valence-corrected chi connectivity index (χ3v) is 4.90. The van der Waals surface area contributed by atoms with Gasteiger partial charge in [0.25, 0.3) is 0 Å². The van der Waals surface area contributed by atoms with Gasteiger partial charge in [-0.05, 0) is 51.9 Å². The van der Waals surface area contributed by atoms with E-state index < -0.39 is 0 Å². The van der Waals surface area contributed by atoms with Gasteiger partial charge in [0.15, 0.2) is 0 Å². The number of hydrogen-bond donors (Lipinski definition) is 1. The van der Waals surface area contributed by atoms with Gasteiger partial charge in [-0.15, -0.1) is 0 Å². The Morgan fingerprint density at radius 1 is 1.35 bits per heavy atom. The second kappa shape index (κ2) is 6.64. The number of pyridine rings is 1. The van der Waals surface area contributed by atoms with Crippen LogP contribution in [0.25, 0.3) is 0 Å². The number of halogens is 1. The molecular weight excluding hydrogens is 253 g/mol. The maximum Gasteiger partial charge on any atom is 0.146 e. The number of rotatable bonds is 6. The van der Waals surface area contributed by atoms with Gasteiger partial charge in [0.05, 0.1) is 12.2 Å². The average Bonchev–Trinajstić information content (AvgIpc) is 3.01. The number of likely N-dealkylation sites (N-methyl/N-ethyl adjacent to an activating group) is 1. The SMILES string of the molecule is CCC(CC)(C(NC)c1ccncc1F)N1CCCC1. The minimum absolute atomic E-state index is 0.00130. The predicted molar refractivity (Wildman–Crippen MR) is 80.1 cm³/mol. The van der Waals surface area contributed by atoms with Gasteiger partial charge in [0, 0.05) is 17.3 Å². The predicted octanol–water partition coefficient (Wildman–Crippen LogP) is 3.14. The van der Waals surface area contributed by atoms with Crippen LogP contribution >= 0.6 is 0 Å². The molecule has 1 fully saturated rings. The molecule has 112 valence electrons. The van der Waals surface area contributed by atoms with E-state index in [0.717, 1.165) is 31.5 Å². The lowest BCUT2D eigenvalue weighted by molar-refractivity contribution is 0.0633. The Morgan fingerprint density at radius 2 is 2.00 bits per heavy atom. The van der Waals surface area contributed by atoms with Crippen LogP contribution in [0.3, 0.4) is 0 Å². The summed E-state index contributed by atoms with van der Waals surface area (Å²) in [5.41, 5.74) is 0.714. The second-order valence-electron chi connectivity index (χ2n) is 5.62. The molecule has 1 N–H and O–H groups in total. The fraction of sp³-hybridized carbons (Fsp3) is 0.688. The highest BCUT2D eigenvalue weighted by Crippen LogP contribution is 2.39. The van der Waals surface area contributed by atoms with Crippen molar-refractivity contribution in [2.24, 2.45) is 0 Å². The third-order valence-electron chi connectivity index (χ3n) is 4.90. The summed E-state index contributed by atoms with van der Waals surface area (Å²) in [4.78, 5) is 6.43. The Hall–Kier alpha value is -1.00. The number of likely N-dealkylation sites (tertiary alicyclic amines) is 1. The van der Waals surface area contributed by atoms with E-state index >= 15 is 0 Å². The Bertz CT molecular complexity index is 425. The maximum atomic E-state index is 14.2. The van der Waals surface area contributed by atoms with E-state index in [2.05, 4.69) is 29.0 Å². The molecule has 0 saturated carbocycles. The minimum atomic E-state index is -0.211. The topological polar surface area (TPSA) is 28.2 Å². The summed E-state index contributed by atoms with van der Waals surface area (Å²) in [5, 5.41) is 3.37. The largest absolute Gasteiger partial charge is 0.311 e. The highest BCUT2D eigenvalue weighted by Gasteiger charge is 2.42. The zero-order valence-corrected chi connectivity index (χ0v) is 12.8. The molecule has 0 aliphatic carbocycles. The average molecular weight is 279 g/mol. The molecule has 0 amide bonds. The van der Waals surface area contributed by atoms with Gasteiger partial charge in [-0.1, -0.05) is 13.8 Å². The number of nitrogens with zero attached hydrogens (tertiary/aromatic N) is 2. The van der Waals surface area contributed by atoms with Crippen molar-refractivity contribution in [3.05, 3.63) is 29.8 Å². The molecule has 1 aliphatic rings. The van der Waals surface area contributed by atoms with Gasteiger partial charge in [-0.2, -0.15) is 0 Å². The molecule has 1 aromatic heterocycles. The van der Waals surface area contributed by atoms with Crippen LogP contribution in [0.15, 0.2) is 18.5 Å². The lowest BCUT2D eigenvalue weighted by atomic mass is 9.79. The van der Waals surface area contributed by atoms with Crippen molar-refractivity contribution < 1.29 is 4.39 Å². The van der Waals surface area contributed by atoms with Crippen molar-refractivity contribution in [1.82, 2.24) is 15.2 Å². The quantitative estimate of drug-likeness (QED) is 0.867. The molecule has 1 aliphatic heterocycles. The Labute approximate surface area is 121 Å². The van der Waals surface area contributed by atoms with E-state index in [1.165, 1.54) is 19.0 Å². The molecule has 0 spiro atoms. The van der Waals surface area contributed by atoms with Crippen LogP contribution in [0.4, 0.5) is 4.39 Å². The molecular formula is C16H26FN3. The van der Waals surface area contributed by atoms with E-state index in [1.807, 2.05) is 13.1 Å². The first-order chi connectivity index (χ1) is 9.69. The zero-order valence-electron chi connectivity index (χ0n) is 12.8. The lowest BCUT2D eigenvalue weighted by Gasteiger charge is -2.47. The van der Waals surface area contributed by atoms with E-state index in [0.29, 0.717) is 0 Å². The van der Waals surface area contributed by atoms with E-state index in [9.17, 15) is 4.39 Å². The van der Waals surface area contributed by atoms with Crippen LogP contribution < -0.4 is 5.32 Å². The van der Waals surface area contributed by atoms with Gasteiger partial charge in [0.1, 0.15) is 5.82 Å². The first-order valence-corrected chi connectivity index (χ1v) is 7.71. The zero-order chi connectivity index (χ0) is 14.6. The van der Waals surface area contributed by atoms with Gasteiger partial charge in [-0.3, -0.25) is 9.88 Å². The summed E-state index contributed by atoms with van der Waals surface area (Å²) >= 11 is 0. The second-order valence-corrected chi connectivity index (χ2v) is 5.62. The molecule has 20 heavy (non-hydrogen) atoms. The molecule has 1 saturated heterocycles. The van der Waals surface area contributed by atoms with E-state index in [4.69, 9.17) is 0 Å². The molecule has 0 bridgehead atoms. The molecule has 0 aromatic carbocycles. The molecule has 3 nitrogen and oxygen atoms in total. The summed E-state index contributed by atoms with van der Waals surface area (Å²) in [5.74, 6) is -0.211. The lowest BCUT2D eigenvalue weighted by Crippen LogP contribution is -2.54. The van der Waals surface area contributed by atoms with Gasteiger partial charge < -0.3 is 5.32 Å². The fourth-order valence-corrected chi connectivity index (χ4v) is 3.78. The van der Waals surface area contributed by atoms with Crippen molar-refractivity contribution in [3.8, 4) is 0 Å². The third kappa shape index (κ3) is 2.59. The summed E-state index contributed by atoms with van der Waals surface area (Å²) in [6, 6.07) is 1.81. The first kappa shape index (κ1) is 15.4. The molecule has 2 heterocycles. The van der Waals surface area contributed by atoms with Crippen LogP contribution in [0.5, 0.6) is 0 Å². The minimum Gasteiger partial charge on any atom is -0.311 e. The van der Waals surface area contributed by atoms with Crippen LogP contribution in [-0.2, 0) is 0 Å².